The van der Waals surface area contributed by atoms with Gasteiger partial charge in [-0.3, -0.25) is 4.79 Å². The van der Waals surface area contributed by atoms with Gasteiger partial charge in [-0.15, -0.1) is 11.3 Å². The van der Waals surface area contributed by atoms with Crippen LogP contribution in [0.4, 0.5) is 0 Å². The molecule has 0 aliphatic carbocycles. The third-order valence-corrected chi connectivity index (χ3v) is 3.03. The Labute approximate surface area is 92.9 Å². The van der Waals surface area contributed by atoms with Crippen molar-refractivity contribution in [2.75, 3.05) is 6.61 Å². The monoisotopic (exact) mass is 229 g/mol. The van der Waals surface area contributed by atoms with Gasteiger partial charge in [0.25, 0.3) is 0 Å². The van der Waals surface area contributed by atoms with Crippen LogP contribution in [0.2, 0.25) is 0 Å². The number of carboxylic acids is 1. The molecule has 84 valence electrons. The van der Waals surface area contributed by atoms with Gasteiger partial charge < -0.3 is 9.84 Å². The van der Waals surface area contributed by atoms with E-state index in [0.29, 0.717) is 6.61 Å². The summed E-state index contributed by atoms with van der Waals surface area (Å²) in [6.45, 7) is 4.29. The van der Waals surface area contributed by atoms with Crippen molar-refractivity contribution in [3.8, 4) is 0 Å². The molecular formula is C10H15NO3S. The minimum Gasteiger partial charge on any atom is -0.481 e. The summed E-state index contributed by atoms with van der Waals surface area (Å²) >= 11 is 1.61. The lowest BCUT2D eigenvalue weighted by Gasteiger charge is -2.09. The van der Waals surface area contributed by atoms with E-state index < -0.39 is 5.97 Å². The first kappa shape index (κ1) is 12.1. The Balaban J connectivity index is 2.22. The maximum absolute atomic E-state index is 10.4. The summed E-state index contributed by atoms with van der Waals surface area (Å²) in [6.07, 6.45) is 0.637. The highest BCUT2D eigenvalue weighted by molar-refractivity contribution is 7.09. The number of hydrogen-bond donors (Lipinski definition) is 1. The number of ether oxygens (including phenoxy) is 1. The summed E-state index contributed by atoms with van der Waals surface area (Å²) in [4.78, 5) is 15.7. The van der Waals surface area contributed by atoms with E-state index >= 15 is 0 Å². The zero-order valence-corrected chi connectivity index (χ0v) is 9.71. The van der Waals surface area contributed by atoms with Gasteiger partial charge >= 0.3 is 5.97 Å². The van der Waals surface area contributed by atoms with Crippen LogP contribution in [0.5, 0.6) is 0 Å². The summed E-state index contributed by atoms with van der Waals surface area (Å²) in [5.74, 6) is -0.823. The Hall–Kier alpha value is -0.940. The van der Waals surface area contributed by atoms with Crippen LogP contribution in [-0.2, 0) is 16.0 Å². The van der Waals surface area contributed by atoms with Crippen molar-refractivity contribution in [2.45, 2.75) is 32.8 Å². The number of carbonyl (C=O) groups is 1. The van der Waals surface area contributed by atoms with Crippen molar-refractivity contribution in [3.05, 3.63) is 16.1 Å². The first-order chi connectivity index (χ1) is 7.09. The maximum Gasteiger partial charge on any atom is 0.305 e. The fraction of sp³-hybridized carbons (Fsp3) is 0.600. The molecule has 1 heterocycles. The molecule has 0 bridgehead atoms. The van der Waals surface area contributed by atoms with Gasteiger partial charge in [0.1, 0.15) is 0 Å². The molecule has 1 N–H and O–H groups in total. The number of rotatable bonds is 6. The molecule has 0 aromatic carbocycles. The predicted octanol–water partition coefficient (Wildman–Crippen LogP) is 1.87. The van der Waals surface area contributed by atoms with E-state index in [1.54, 1.807) is 18.3 Å². The molecule has 0 aliphatic rings. The fourth-order valence-corrected chi connectivity index (χ4v) is 1.99. The van der Waals surface area contributed by atoms with Crippen LogP contribution in [0, 0.1) is 6.92 Å². The molecule has 15 heavy (non-hydrogen) atoms. The summed E-state index contributed by atoms with van der Waals surface area (Å²) < 4.78 is 5.38. The molecule has 0 saturated carbocycles. The zero-order valence-electron chi connectivity index (χ0n) is 8.90. The Morgan fingerprint density at radius 1 is 1.73 bits per heavy atom. The Morgan fingerprint density at radius 2 is 2.47 bits per heavy atom. The topological polar surface area (TPSA) is 59.4 Å². The molecule has 0 amide bonds. The number of carboxylic acid groups (broad SMARTS) is 1. The molecule has 0 unspecified atom stereocenters. The average Bonchev–Trinajstić information content (AvgIpc) is 2.50. The van der Waals surface area contributed by atoms with Gasteiger partial charge in [-0.1, -0.05) is 0 Å². The average molecular weight is 229 g/mol. The second kappa shape index (κ2) is 5.82. The molecule has 0 radical (unpaired) electrons. The Bertz CT molecular complexity index is 324. The van der Waals surface area contributed by atoms with Crippen molar-refractivity contribution in [3.63, 3.8) is 0 Å². The Morgan fingerprint density at radius 3 is 3.00 bits per heavy atom. The van der Waals surface area contributed by atoms with Crippen LogP contribution in [0.25, 0.3) is 0 Å². The first-order valence-corrected chi connectivity index (χ1v) is 5.70. The number of nitrogens with zero attached hydrogens (tertiary/aromatic N) is 1. The molecule has 0 spiro atoms. The molecular weight excluding hydrogens is 214 g/mol. The van der Waals surface area contributed by atoms with E-state index in [0.717, 1.165) is 12.1 Å². The fourth-order valence-electron chi connectivity index (χ4n) is 1.22. The normalized spacial score (nSPS) is 12.7. The van der Waals surface area contributed by atoms with Gasteiger partial charge in [0.2, 0.25) is 0 Å². The van der Waals surface area contributed by atoms with Crippen LogP contribution < -0.4 is 0 Å². The highest BCUT2D eigenvalue weighted by Crippen LogP contribution is 2.13. The van der Waals surface area contributed by atoms with Gasteiger partial charge in [-0.2, -0.15) is 0 Å². The number of thiazole rings is 1. The molecule has 1 rings (SSSR count). The van der Waals surface area contributed by atoms with Crippen LogP contribution in [0.1, 0.15) is 23.9 Å². The quantitative estimate of drug-likeness (QED) is 0.809. The minimum absolute atomic E-state index is 0.0572. The summed E-state index contributed by atoms with van der Waals surface area (Å²) in [6, 6.07) is 0. The van der Waals surface area contributed by atoms with Crippen molar-refractivity contribution in [1.29, 1.82) is 0 Å². The minimum atomic E-state index is -0.823. The smallest absolute Gasteiger partial charge is 0.305 e. The molecule has 1 aromatic rings. The molecule has 1 aromatic heterocycles. The lowest BCUT2D eigenvalue weighted by Crippen LogP contribution is -2.15. The van der Waals surface area contributed by atoms with Gasteiger partial charge in [0.05, 0.1) is 30.3 Å². The van der Waals surface area contributed by atoms with Crippen LogP contribution in [0.3, 0.4) is 0 Å². The highest BCUT2D eigenvalue weighted by Gasteiger charge is 2.08. The van der Waals surface area contributed by atoms with E-state index in [9.17, 15) is 4.79 Å². The van der Waals surface area contributed by atoms with Crippen molar-refractivity contribution < 1.29 is 14.6 Å². The lowest BCUT2D eigenvalue weighted by molar-refractivity contribution is -0.139. The van der Waals surface area contributed by atoms with Gasteiger partial charge in [-0.05, 0) is 13.8 Å². The molecule has 1 atom stereocenters. The number of aryl methyl sites for hydroxylation is 1. The van der Waals surface area contributed by atoms with E-state index in [2.05, 4.69) is 4.98 Å². The van der Waals surface area contributed by atoms with Crippen LogP contribution in [0.15, 0.2) is 5.51 Å². The summed E-state index contributed by atoms with van der Waals surface area (Å²) in [5, 5.41) is 8.52. The standard InChI is InChI=1S/C10H15NO3S/c1-7(5-10(12)13)14-4-3-9-8(2)11-6-15-9/h6-7H,3-5H2,1-2H3,(H,12,13)/t7-/m1/s1. The molecule has 5 heteroatoms. The molecule has 0 fully saturated rings. The van der Waals surface area contributed by atoms with Crippen molar-refractivity contribution in [2.24, 2.45) is 0 Å². The van der Waals surface area contributed by atoms with Crippen LogP contribution >= 0.6 is 11.3 Å². The largest absolute Gasteiger partial charge is 0.481 e. The third kappa shape index (κ3) is 4.40. The highest BCUT2D eigenvalue weighted by atomic mass is 32.1. The number of aromatic nitrogens is 1. The van der Waals surface area contributed by atoms with Crippen LogP contribution in [-0.4, -0.2) is 28.8 Å². The van der Waals surface area contributed by atoms with Gasteiger partial charge in [0.15, 0.2) is 0 Å². The van der Waals surface area contributed by atoms with Crippen molar-refractivity contribution >= 4 is 17.3 Å². The van der Waals surface area contributed by atoms with E-state index in [4.69, 9.17) is 9.84 Å². The molecule has 0 aliphatic heterocycles. The number of hydrogen-bond acceptors (Lipinski definition) is 4. The predicted molar refractivity (Wildman–Crippen MR) is 58.2 cm³/mol. The van der Waals surface area contributed by atoms with Crippen molar-refractivity contribution in [1.82, 2.24) is 4.98 Å². The van der Waals surface area contributed by atoms with E-state index in [-0.39, 0.29) is 12.5 Å². The molecule has 0 saturated heterocycles. The summed E-state index contributed by atoms with van der Waals surface area (Å²) in [7, 11) is 0. The van der Waals surface area contributed by atoms with Gasteiger partial charge in [0, 0.05) is 11.3 Å². The zero-order chi connectivity index (χ0) is 11.3. The van der Waals surface area contributed by atoms with Gasteiger partial charge in [-0.25, -0.2) is 4.98 Å². The third-order valence-electron chi connectivity index (χ3n) is 2.04. The maximum atomic E-state index is 10.4. The molecule has 4 nitrogen and oxygen atoms in total. The SMILES string of the molecule is Cc1ncsc1CCO[C@H](C)CC(=O)O. The number of aliphatic carboxylic acids is 1. The summed E-state index contributed by atoms with van der Waals surface area (Å²) in [5.41, 5.74) is 2.85. The second-order valence-corrected chi connectivity index (χ2v) is 4.33. The second-order valence-electron chi connectivity index (χ2n) is 3.39. The Kier molecular flexibility index (Phi) is 4.71. The first-order valence-electron chi connectivity index (χ1n) is 4.82. The van der Waals surface area contributed by atoms with E-state index in [1.807, 2.05) is 12.4 Å². The van der Waals surface area contributed by atoms with E-state index in [1.165, 1.54) is 4.88 Å². The lowest BCUT2D eigenvalue weighted by atomic mass is 10.3.